The molecule has 0 bridgehead atoms. The molecule has 0 atom stereocenters. The predicted molar refractivity (Wildman–Crippen MR) is 112 cm³/mol. The van der Waals surface area contributed by atoms with Gasteiger partial charge in [-0.05, 0) is 71.5 Å². The number of likely N-dealkylation sites (tertiary alicyclic amines) is 1. The fourth-order valence-electron chi connectivity index (χ4n) is 3.92. The van der Waals surface area contributed by atoms with Crippen LogP contribution in [-0.2, 0) is 17.6 Å². The van der Waals surface area contributed by atoms with Crippen LogP contribution in [0.15, 0.2) is 48.8 Å². The lowest BCUT2D eigenvalue weighted by atomic mass is 9.87. The topological polar surface area (TPSA) is 87.7 Å². The van der Waals surface area contributed by atoms with E-state index in [0.717, 1.165) is 16.8 Å². The summed E-state index contributed by atoms with van der Waals surface area (Å²) in [6.07, 6.45) is 2.99. The third kappa shape index (κ3) is 4.97. The van der Waals surface area contributed by atoms with Crippen molar-refractivity contribution in [1.82, 2.24) is 25.1 Å². The molecule has 1 amide bonds. The van der Waals surface area contributed by atoms with Crippen LogP contribution in [0.5, 0.6) is 0 Å². The van der Waals surface area contributed by atoms with E-state index in [1.807, 2.05) is 30.3 Å². The summed E-state index contributed by atoms with van der Waals surface area (Å²) in [5, 5.41) is 20.0. The number of hydrogen-bond donors (Lipinski definition) is 0. The summed E-state index contributed by atoms with van der Waals surface area (Å²) >= 11 is 0. The number of carbonyl (C=O) groups is 1. The Morgan fingerprint density at radius 2 is 1.84 bits per heavy atom. The molecule has 3 aromatic rings. The van der Waals surface area contributed by atoms with E-state index in [4.69, 9.17) is 5.26 Å². The number of nitrogens with zero attached hydrogens (tertiary/aromatic N) is 6. The molecular formula is C23H22F2N6O. The summed E-state index contributed by atoms with van der Waals surface area (Å²) in [4.78, 5) is 14.4. The van der Waals surface area contributed by atoms with E-state index in [1.165, 1.54) is 23.1 Å². The maximum absolute atomic E-state index is 15.3. The number of hydrogen-bond acceptors (Lipinski definition) is 5. The first-order valence-corrected chi connectivity index (χ1v) is 10.4. The van der Waals surface area contributed by atoms with Crippen molar-refractivity contribution >= 4 is 5.91 Å². The molecule has 0 saturated carbocycles. The predicted octanol–water partition coefficient (Wildman–Crippen LogP) is 3.18. The Bertz CT molecular complexity index is 1120. The smallest absolute Gasteiger partial charge is 0.226 e. The summed E-state index contributed by atoms with van der Waals surface area (Å²) in [6, 6.07) is 13.5. The van der Waals surface area contributed by atoms with Crippen molar-refractivity contribution in [1.29, 1.82) is 5.26 Å². The maximum Gasteiger partial charge on any atom is 0.226 e. The van der Waals surface area contributed by atoms with Crippen molar-refractivity contribution < 1.29 is 13.6 Å². The number of tetrazole rings is 1. The SMILES string of the molecule is N#Cc1cc(CCC2(F)CCN(C(=O)Cc3ccc(-n4cnnn4)cc3)CC2)ccc1F. The number of alkyl halides is 1. The second kappa shape index (κ2) is 9.22. The first-order chi connectivity index (χ1) is 15.5. The molecule has 164 valence electrons. The highest BCUT2D eigenvalue weighted by Crippen LogP contribution is 2.32. The van der Waals surface area contributed by atoms with E-state index >= 15 is 4.39 Å². The van der Waals surface area contributed by atoms with Gasteiger partial charge in [0.2, 0.25) is 5.91 Å². The van der Waals surface area contributed by atoms with Crippen molar-refractivity contribution in [2.24, 2.45) is 0 Å². The van der Waals surface area contributed by atoms with E-state index in [0.29, 0.717) is 19.5 Å². The fraction of sp³-hybridized carbons (Fsp3) is 0.348. The number of rotatable bonds is 6. The minimum absolute atomic E-state index is 0.0261. The Balaban J connectivity index is 1.28. The number of aryl methyl sites for hydroxylation is 1. The van der Waals surface area contributed by atoms with Crippen molar-refractivity contribution in [3.63, 3.8) is 0 Å². The number of aromatic nitrogens is 4. The van der Waals surface area contributed by atoms with Crippen molar-refractivity contribution in [3.8, 4) is 11.8 Å². The molecule has 1 saturated heterocycles. The van der Waals surface area contributed by atoms with E-state index in [2.05, 4.69) is 15.5 Å². The first kappa shape index (κ1) is 21.6. The number of amides is 1. The van der Waals surface area contributed by atoms with E-state index < -0.39 is 11.5 Å². The molecule has 1 fully saturated rings. The summed E-state index contributed by atoms with van der Waals surface area (Å²) < 4.78 is 30.3. The zero-order valence-corrected chi connectivity index (χ0v) is 17.4. The van der Waals surface area contributed by atoms with Crippen molar-refractivity contribution in [3.05, 3.63) is 71.3 Å². The van der Waals surface area contributed by atoms with Gasteiger partial charge in [0.05, 0.1) is 17.7 Å². The van der Waals surface area contributed by atoms with Gasteiger partial charge < -0.3 is 4.90 Å². The molecule has 0 N–H and O–H groups in total. The molecule has 4 rings (SSSR count). The molecule has 1 aliphatic rings. The van der Waals surface area contributed by atoms with Gasteiger partial charge in [0, 0.05) is 13.1 Å². The molecular weight excluding hydrogens is 414 g/mol. The van der Waals surface area contributed by atoms with E-state index in [1.54, 1.807) is 11.0 Å². The highest BCUT2D eigenvalue weighted by atomic mass is 19.1. The third-order valence-electron chi connectivity index (χ3n) is 5.93. The van der Waals surface area contributed by atoms with Gasteiger partial charge in [-0.3, -0.25) is 4.79 Å². The molecule has 2 aromatic carbocycles. The standard InChI is InChI=1S/C23H22F2N6O/c24-21-6-3-18(13-19(21)15-26)7-8-23(25)9-11-30(12-10-23)22(32)14-17-1-4-20(5-2-17)31-16-27-28-29-31/h1-6,13,16H,7-12,14H2. The van der Waals surface area contributed by atoms with Gasteiger partial charge in [-0.25, -0.2) is 13.5 Å². The molecule has 9 heteroatoms. The van der Waals surface area contributed by atoms with E-state index in [9.17, 15) is 9.18 Å². The summed E-state index contributed by atoms with van der Waals surface area (Å²) in [5.74, 6) is -0.595. The lowest BCUT2D eigenvalue weighted by Crippen LogP contribution is -2.45. The van der Waals surface area contributed by atoms with Crippen molar-refractivity contribution in [2.45, 2.75) is 37.8 Å². The molecule has 32 heavy (non-hydrogen) atoms. The lowest BCUT2D eigenvalue weighted by molar-refractivity contribution is -0.133. The van der Waals surface area contributed by atoms with Gasteiger partial charge in [-0.2, -0.15) is 5.26 Å². The average Bonchev–Trinajstić information content (AvgIpc) is 3.34. The summed E-state index contributed by atoms with van der Waals surface area (Å²) in [7, 11) is 0. The zero-order valence-electron chi connectivity index (χ0n) is 17.4. The minimum Gasteiger partial charge on any atom is -0.342 e. The number of carbonyl (C=O) groups excluding carboxylic acids is 1. The van der Waals surface area contributed by atoms with Crippen LogP contribution in [0.1, 0.15) is 36.0 Å². The Labute approximate surface area is 184 Å². The van der Waals surface area contributed by atoms with Crippen LogP contribution in [0.2, 0.25) is 0 Å². The van der Waals surface area contributed by atoms with Gasteiger partial charge in [-0.15, -0.1) is 5.10 Å². The molecule has 0 spiro atoms. The molecule has 2 heterocycles. The number of benzene rings is 2. The molecule has 0 aliphatic carbocycles. The van der Waals surface area contributed by atoms with Crippen LogP contribution in [0, 0.1) is 17.1 Å². The van der Waals surface area contributed by atoms with Crippen LogP contribution in [0.25, 0.3) is 5.69 Å². The molecule has 0 radical (unpaired) electrons. The normalized spacial score (nSPS) is 15.3. The fourth-order valence-corrected chi connectivity index (χ4v) is 3.92. The second-order valence-corrected chi connectivity index (χ2v) is 8.06. The largest absolute Gasteiger partial charge is 0.342 e. The molecule has 7 nitrogen and oxygen atoms in total. The highest BCUT2D eigenvalue weighted by Gasteiger charge is 2.35. The monoisotopic (exact) mass is 436 g/mol. The van der Waals surface area contributed by atoms with Gasteiger partial charge in [-0.1, -0.05) is 18.2 Å². The van der Waals surface area contributed by atoms with E-state index in [-0.39, 0.29) is 37.2 Å². The number of halogens is 2. The average molecular weight is 436 g/mol. The summed E-state index contributed by atoms with van der Waals surface area (Å²) in [5.41, 5.74) is 1.01. The van der Waals surface area contributed by atoms with Gasteiger partial charge in [0.25, 0.3) is 0 Å². The first-order valence-electron chi connectivity index (χ1n) is 10.4. The van der Waals surface area contributed by atoms with Gasteiger partial charge in [0.15, 0.2) is 0 Å². The third-order valence-corrected chi connectivity index (χ3v) is 5.93. The van der Waals surface area contributed by atoms with Gasteiger partial charge >= 0.3 is 0 Å². The molecule has 1 aliphatic heterocycles. The molecule has 1 aromatic heterocycles. The van der Waals surface area contributed by atoms with Crippen LogP contribution < -0.4 is 0 Å². The zero-order chi connectivity index (χ0) is 22.6. The quantitative estimate of drug-likeness (QED) is 0.592. The number of nitriles is 1. The Kier molecular flexibility index (Phi) is 6.21. The maximum atomic E-state index is 15.3. The highest BCUT2D eigenvalue weighted by molar-refractivity contribution is 5.79. The van der Waals surface area contributed by atoms with Crippen LogP contribution in [-0.4, -0.2) is 49.8 Å². The Hall–Kier alpha value is -3.67. The molecule has 0 unspecified atom stereocenters. The lowest BCUT2D eigenvalue weighted by Gasteiger charge is -2.36. The van der Waals surface area contributed by atoms with Crippen LogP contribution in [0.4, 0.5) is 8.78 Å². The second-order valence-electron chi connectivity index (χ2n) is 8.06. The minimum atomic E-state index is -1.37. The van der Waals surface area contributed by atoms with Crippen LogP contribution in [0.3, 0.4) is 0 Å². The van der Waals surface area contributed by atoms with Crippen LogP contribution >= 0.6 is 0 Å². The Morgan fingerprint density at radius 3 is 2.50 bits per heavy atom. The van der Waals surface area contributed by atoms with Gasteiger partial charge in [0.1, 0.15) is 23.9 Å². The number of piperidine rings is 1. The summed E-state index contributed by atoms with van der Waals surface area (Å²) in [6.45, 7) is 0.732. The Morgan fingerprint density at radius 1 is 1.12 bits per heavy atom. The van der Waals surface area contributed by atoms with Crippen molar-refractivity contribution in [2.75, 3.05) is 13.1 Å².